The predicted molar refractivity (Wildman–Crippen MR) is 65.7 cm³/mol. The summed E-state index contributed by atoms with van der Waals surface area (Å²) in [5.41, 5.74) is 7.45. The van der Waals surface area contributed by atoms with Crippen LogP contribution >= 0.6 is 15.9 Å². The molecule has 0 aliphatic heterocycles. The molecule has 1 aromatic carbocycles. The average molecular weight is 270 g/mol. The number of nitrogens with two attached hydrogens (primary N) is 1. The Bertz CT molecular complexity index is 380. The summed E-state index contributed by atoms with van der Waals surface area (Å²) >= 11 is 3.42. The van der Waals surface area contributed by atoms with Gasteiger partial charge in [-0.25, -0.2) is 0 Å². The summed E-state index contributed by atoms with van der Waals surface area (Å²) in [6.45, 7) is 6.43. The quantitative estimate of drug-likeness (QED) is 0.882. The molecule has 1 aromatic rings. The van der Waals surface area contributed by atoms with Crippen molar-refractivity contribution in [3.8, 4) is 0 Å². The van der Waals surface area contributed by atoms with Crippen LogP contribution in [0, 0.1) is 0 Å². The van der Waals surface area contributed by atoms with E-state index in [9.17, 15) is 4.79 Å². The number of rotatable bonds is 2. The van der Waals surface area contributed by atoms with E-state index in [2.05, 4.69) is 42.8 Å². The second-order valence-corrected chi connectivity index (χ2v) is 5.55. The molecule has 0 atom stereocenters. The van der Waals surface area contributed by atoms with Crippen LogP contribution in [0.2, 0.25) is 0 Å². The number of benzene rings is 1. The van der Waals surface area contributed by atoms with E-state index in [1.165, 1.54) is 5.56 Å². The second-order valence-electron chi connectivity index (χ2n) is 4.70. The largest absolute Gasteiger partial charge is 0.369 e. The molecule has 0 fully saturated rings. The highest BCUT2D eigenvalue weighted by atomic mass is 79.9. The zero-order valence-electron chi connectivity index (χ0n) is 9.30. The Hall–Kier alpha value is -0.830. The van der Waals surface area contributed by atoms with Gasteiger partial charge in [0, 0.05) is 4.47 Å². The minimum absolute atomic E-state index is 0.0904. The third kappa shape index (κ3) is 3.34. The lowest BCUT2D eigenvalue weighted by atomic mass is 9.86. The first kappa shape index (κ1) is 12.2. The fraction of sp³-hybridized carbons (Fsp3) is 0.417. The molecular formula is C12H16BrNO. The molecule has 0 heterocycles. The Morgan fingerprint density at radius 2 is 2.00 bits per heavy atom. The monoisotopic (exact) mass is 269 g/mol. The standard InChI is InChI=1S/C12H16BrNO/c1-12(2,3)9-4-5-10(13)8(6-9)7-11(14)15/h4-6H,7H2,1-3H3,(H2,14,15). The van der Waals surface area contributed by atoms with Gasteiger partial charge in [0.1, 0.15) is 0 Å². The number of carbonyl (C=O) groups excluding carboxylic acids is 1. The molecule has 0 unspecified atom stereocenters. The fourth-order valence-corrected chi connectivity index (χ4v) is 1.75. The van der Waals surface area contributed by atoms with Gasteiger partial charge in [-0.15, -0.1) is 0 Å². The van der Waals surface area contributed by atoms with Gasteiger partial charge in [0.2, 0.25) is 5.91 Å². The van der Waals surface area contributed by atoms with Crippen molar-refractivity contribution < 1.29 is 4.79 Å². The van der Waals surface area contributed by atoms with Gasteiger partial charge < -0.3 is 5.73 Å². The maximum absolute atomic E-state index is 10.9. The first-order valence-electron chi connectivity index (χ1n) is 4.88. The van der Waals surface area contributed by atoms with Crippen molar-refractivity contribution in [1.82, 2.24) is 0 Å². The summed E-state index contributed by atoms with van der Waals surface area (Å²) < 4.78 is 0.939. The van der Waals surface area contributed by atoms with Crippen molar-refractivity contribution in [3.63, 3.8) is 0 Å². The lowest BCUT2D eigenvalue weighted by molar-refractivity contribution is -0.117. The first-order valence-corrected chi connectivity index (χ1v) is 5.67. The molecule has 2 N–H and O–H groups in total. The number of amides is 1. The van der Waals surface area contributed by atoms with E-state index in [4.69, 9.17) is 5.73 Å². The van der Waals surface area contributed by atoms with Crippen LogP contribution in [0.1, 0.15) is 31.9 Å². The van der Waals surface area contributed by atoms with Gasteiger partial charge in [0.25, 0.3) is 0 Å². The number of hydrogen-bond acceptors (Lipinski definition) is 1. The van der Waals surface area contributed by atoms with Crippen LogP contribution in [-0.2, 0) is 16.6 Å². The molecule has 15 heavy (non-hydrogen) atoms. The van der Waals surface area contributed by atoms with Gasteiger partial charge in [-0.3, -0.25) is 4.79 Å². The van der Waals surface area contributed by atoms with Gasteiger partial charge in [-0.1, -0.05) is 48.8 Å². The molecule has 1 rings (SSSR count). The number of primary amides is 1. The second kappa shape index (κ2) is 4.35. The van der Waals surface area contributed by atoms with E-state index in [-0.39, 0.29) is 17.7 Å². The van der Waals surface area contributed by atoms with Crippen molar-refractivity contribution >= 4 is 21.8 Å². The molecule has 0 spiro atoms. The molecular weight excluding hydrogens is 254 g/mol. The Kier molecular flexibility index (Phi) is 3.55. The van der Waals surface area contributed by atoms with E-state index >= 15 is 0 Å². The van der Waals surface area contributed by atoms with Gasteiger partial charge in [-0.05, 0) is 22.6 Å². The van der Waals surface area contributed by atoms with Crippen molar-refractivity contribution in [2.45, 2.75) is 32.6 Å². The third-order valence-corrected chi connectivity index (χ3v) is 3.05. The maximum Gasteiger partial charge on any atom is 0.221 e. The number of halogens is 1. The average Bonchev–Trinajstić information content (AvgIpc) is 2.06. The highest BCUT2D eigenvalue weighted by Crippen LogP contribution is 2.27. The molecule has 82 valence electrons. The first-order chi connectivity index (χ1) is 6.80. The van der Waals surface area contributed by atoms with Crippen LogP contribution in [0.5, 0.6) is 0 Å². The molecule has 0 bridgehead atoms. The molecule has 3 heteroatoms. The van der Waals surface area contributed by atoms with Gasteiger partial charge >= 0.3 is 0 Å². The van der Waals surface area contributed by atoms with Crippen molar-refractivity contribution in [3.05, 3.63) is 33.8 Å². The summed E-state index contributed by atoms with van der Waals surface area (Å²) in [6.07, 6.45) is 0.282. The van der Waals surface area contributed by atoms with E-state index in [0.717, 1.165) is 10.0 Å². The number of hydrogen-bond donors (Lipinski definition) is 1. The van der Waals surface area contributed by atoms with Crippen molar-refractivity contribution in [2.24, 2.45) is 5.73 Å². The van der Waals surface area contributed by atoms with Crippen LogP contribution in [-0.4, -0.2) is 5.91 Å². The summed E-state index contributed by atoms with van der Waals surface area (Å²) in [5.74, 6) is -0.304. The lowest BCUT2D eigenvalue weighted by Crippen LogP contribution is -2.16. The predicted octanol–water partition coefficient (Wildman–Crippen LogP) is 2.77. The minimum atomic E-state index is -0.304. The normalized spacial score (nSPS) is 11.5. The molecule has 0 saturated carbocycles. The lowest BCUT2D eigenvalue weighted by Gasteiger charge is -2.20. The minimum Gasteiger partial charge on any atom is -0.369 e. The Morgan fingerprint density at radius 3 is 2.47 bits per heavy atom. The molecule has 0 aliphatic carbocycles. The summed E-state index contributed by atoms with van der Waals surface area (Å²) in [6, 6.07) is 6.07. The smallest absolute Gasteiger partial charge is 0.221 e. The van der Waals surface area contributed by atoms with Gasteiger partial charge in [0.05, 0.1) is 6.42 Å². The topological polar surface area (TPSA) is 43.1 Å². The van der Waals surface area contributed by atoms with Crippen LogP contribution in [0.25, 0.3) is 0 Å². The Balaban J connectivity index is 3.11. The highest BCUT2D eigenvalue weighted by molar-refractivity contribution is 9.10. The highest BCUT2D eigenvalue weighted by Gasteiger charge is 2.15. The SMILES string of the molecule is CC(C)(C)c1ccc(Br)c(CC(N)=O)c1. The van der Waals surface area contributed by atoms with Crippen LogP contribution in [0.15, 0.2) is 22.7 Å². The maximum atomic E-state index is 10.9. The van der Waals surface area contributed by atoms with Gasteiger partial charge in [0.15, 0.2) is 0 Å². The Morgan fingerprint density at radius 1 is 1.40 bits per heavy atom. The summed E-state index contributed by atoms with van der Waals surface area (Å²) in [7, 11) is 0. The number of carbonyl (C=O) groups is 1. The van der Waals surface area contributed by atoms with Crippen molar-refractivity contribution in [2.75, 3.05) is 0 Å². The molecule has 0 radical (unpaired) electrons. The summed E-state index contributed by atoms with van der Waals surface area (Å²) in [5, 5.41) is 0. The zero-order chi connectivity index (χ0) is 11.6. The molecule has 1 amide bonds. The van der Waals surface area contributed by atoms with Gasteiger partial charge in [-0.2, -0.15) is 0 Å². The van der Waals surface area contributed by atoms with Crippen LogP contribution < -0.4 is 5.73 Å². The van der Waals surface area contributed by atoms with Crippen molar-refractivity contribution in [1.29, 1.82) is 0 Å². The summed E-state index contributed by atoms with van der Waals surface area (Å²) in [4.78, 5) is 10.9. The van der Waals surface area contributed by atoms with E-state index in [0.29, 0.717) is 0 Å². The zero-order valence-corrected chi connectivity index (χ0v) is 10.9. The van der Waals surface area contributed by atoms with E-state index < -0.39 is 0 Å². The van der Waals surface area contributed by atoms with E-state index in [1.54, 1.807) is 0 Å². The molecule has 0 saturated heterocycles. The molecule has 0 aromatic heterocycles. The Labute approximate surface area is 99.0 Å². The van der Waals surface area contributed by atoms with Crippen LogP contribution in [0.3, 0.4) is 0 Å². The third-order valence-electron chi connectivity index (χ3n) is 2.28. The fourth-order valence-electron chi connectivity index (χ4n) is 1.36. The molecule has 0 aliphatic rings. The van der Waals surface area contributed by atoms with Crippen LogP contribution in [0.4, 0.5) is 0 Å². The molecule has 2 nitrogen and oxygen atoms in total. The van der Waals surface area contributed by atoms with E-state index in [1.807, 2.05) is 12.1 Å².